The molecule has 4 rings (SSSR count). The number of aromatic nitrogens is 1. The molecule has 0 atom stereocenters. The number of rotatable bonds is 11. The predicted molar refractivity (Wildman–Crippen MR) is 156 cm³/mol. The number of sulfonamides is 1. The van der Waals surface area contributed by atoms with Crippen LogP contribution in [-0.2, 0) is 10.0 Å². The molecule has 0 saturated heterocycles. The second-order valence-electron chi connectivity index (χ2n) is 9.12. The summed E-state index contributed by atoms with van der Waals surface area (Å²) in [7, 11) is 4.81. The molecule has 0 aliphatic heterocycles. The van der Waals surface area contributed by atoms with E-state index in [2.05, 4.69) is 4.90 Å². The number of hydrogen-bond acceptors (Lipinski definition) is 8. The molecule has 0 aliphatic carbocycles. The third-order valence-electron chi connectivity index (χ3n) is 6.23. The standard InChI is InChI=1S/C28H32N4O5S2/c1-30(2)16-9-17-32(28-29-23-18-24(36-4)25(37-5)19-26(23)38-28)27(33)20-12-14-22(15-13-20)39(34,35)31(3)21-10-7-6-8-11-21/h6-8,10-15,18-19H,9,16-17H2,1-5H3. The molecule has 39 heavy (non-hydrogen) atoms. The number of carbonyl (C=O) groups excluding carboxylic acids is 1. The van der Waals surface area contributed by atoms with Crippen LogP contribution in [0.5, 0.6) is 11.5 Å². The molecule has 0 bridgehead atoms. The first-order valence-electron chi connectivity index (χ1n) is 12.3. The maximum atomic E-state index is 13.7. The Labute approximate surface area is 233 Å². The van der Waals surface area contributed by atoms with Crippen LogP contribution in [0.4, 0.5) is 10.8 Å². The minimum atomic E-state index is -3.79. The Morgan fingerprint density at radius 3 is 2.15 bits per heavy atom. The SMILES string of the molecule is COc1cc2nc(N(CCCN(C)C)C(=O)c3ccc(S(=O)(=O)N(C)c4ccccc4)cc3)sc2cc1OC. The molecule has 206 valence electrons. The molecular formula is C28H32N4O5S2. The van der Waals surface area contributed by atoms with E-state index >= 15 is 0 Å². The third-order valence-corrected chi connectivity index (χ3v) is 9.07. The maximum absolute atomic E-state index is 13.7. The fraction of sp³-hybridized carbons (Fsp3) is 0.286. The van der Waals surface area contributed by atoms with E-state index in [1.807, 2.05) is 26.2 Å². The van der Waals surface area contributed by atoms with E-state index in [0.717, 1.165) is 17.7 Å². The number of nitrogens with zero attached hydrogens (tertiary/aromatic N) is 4. The normalized spacial score (nSPS) is 11.5. The molecule has 4 aromatic rings. The van der Waals surface area contributed by atoms with Gasteiger partial charge in [0.25, 0.3) is 15.9 Å². The number of benzene rings is 3. The van der Waals surface area contributed by atoms with Crippen LogP contribution in [0.1, 0.15) is 16.8 Å². The maximum Gasteiger partial charge on any atom is 0.264 e. The Kier molecular flexibility index (Phi) is 8.73. The molecule has 0 unspecified atom stereocenters. The average molecular weight is 569 g/mol. The highest BCUT2D eigenvalue weighted by atomic mass is 32.2. The highest BCUT2D eigenvalue weighted by Crippen LogP contribution is 2.37. The summed E-state index contributed by atoms with van der Waals surface area (Å²) in [4.78, 5) is 22.3. The number of ether oxygens (including phenoxy) is 2. The van der Waals surface area contributed by atoms with Crippen molar-refractivity contribution in [1.82, 2.24) is 9.88 Å². The largest absolute Gasteiger partial charge is 0.493 e. The van der Waals surface area contributed by atoms with E-state index in [4.69, 9.17) is 14.5 Å². The van der Waals surface area contributed by atoms with Gasteiger partial charge >= 0.3 is 0 Å². The van der Waals surface area contributed by atoms with E-state index < -0.39 is 10.0 Å². The Hall–Kier alpha value is -3.67. The van der Waals surface area contributed by atoms with Crippen molar-refractivity contribution in [3.8, 4) is 11.5 Å². The second kappa shape index (κ2) is 12.0. The van der Waals surface area contributed by atoms with Gasteiger partial charge in [-0.15, -0.1) is 0 Å². The Balaban J connectivity index is 1.64. The lowest BCUT2D eigenvalue weighted by Crippen LogP contribution is -2.33. The first kappa shape index (κ1) is 28.3. The molecule has 0 saturated carbocycles. The number of para-hydroxylation sites is 1. The Bertz CT molecular complexity index is 1500. The lowest BCUT2D eigenvalue weighted by Gasteiger charge is -2.22. The number of fused-ring (bicyclic) bond motifs is 1. The molecule has 0 N–H and O–H groups in total. The number of thiazole rings is 1. The molecule has 1 aromatic heterocycles. The van der Waals surface area contributed by atoms with Crippen molar-refractivity contribution >= 4 is 48.3 Å². The van der Waals surface area contributed by atoms with Gasteiger partial charge in [-0.2, -0.15) is 0 Å². The van der Waals surface area contributed by atoms with Crippen molar-refractivity contribution in [1.29, 1.82) is 0 Å². The summed E-state index contributed by atoms with van der Waals surface area (Å²) in [5.74, 6) is 0.889. The number of amides is 1. The second-order valence-corrected chi connectivity index (χ2v) is 12.1. The lowest BCUT2D eigenvalue weighted by molar-refractivity contribution is 0.0986. The molecule has 1 amide bonds. The number of methoxy groups -OCH3 is 2. The average Bonchev–Trinajstić information content (AvgIpc) is 3.36. The number of carbonyl (C=O) groups is 1. The van der Waals surface area contributed by atoms with Gasteiger partial charge in [0.2, 0.25) is 0 Å². The smallest absolute Gasteiger partial charge is 0.264 e. The van der Waals surface area contributed by atoms with E-state index in [1.54, 1.807) is 61.6 Å². The Morgan fingerprint density at radius 2 is 1.54 bits per heavy atom. The van der Waals surface area contributed by atoms with Gasteiger partial charge in [-0.3, -0.25) is 14.0 Å². The van der Waals surface area contributed by atoms with Crippen LogP contribution >= 0.6 is 11.3 Å². The fourth-order valence-electron chi connectivity index (χ4n) is 4.05. The summed E-state index contributed by atoms with van der Waals surface area (Å²) < 4.78 is 39.3. The zero-order valence-electron chi connectivity index (χ0n) is 22.6. The minimum Gasteiger partial charge on any atom is -0.493 e. The zero-order chi connectivity index (χ0) is 28.2. The molecule has 1 heterocycles. The van der Waals surface area contributed by atoms with Crippen LogP contribution in [0.15, 0.2) is 71.6 Å². The van der Waals surface area contributed by atoms with Gasteiger partial charge < -0.3 is 14.4 Å². The molecule has 11 heteroatoms. The minimum absolute atomic E-state index is 0.101. The molecule has 9 nitrogen and oxygen atoms in total. The molecular weight excluding hydrogens is 536 g/mol. The number of hydrogen-bond donors (Lipinski definition) is 0. The highest BCUT2D eigenvalue weighted by Gasteiger charge is 2.25. The van der Waals surface area contributed by atoms with Crippen LogP contribution in [-0.4, -0.2) is 72.7 Å². The van der Waals surface area contributed by atoms with Crippen LogP contribution in [0.2, 0.25) is 0 Å². The monoisotopic (exact) mass is 568 g/mol. The summed E-state index contributed by atoms with van der Waals surface area (Å²) in [6, 6.07) is 18.5. The fourth-order valence-corrected chi connectivity index (χ4v) is 6.24. The van der Waals surface area contributed by atoms with Crippen molar-refractivity contribution in [2.24, 2.45) is 0 Å². The van der Waals surface area contributed by atoms with Gasteiger partial charge in [0, 0.05) is 31.3 Å². The molecule has 0 radical (unpaired) electrons. The quantitative estimate of drug-likeness (QED) is 0.258. The van der Waals surface area contributed by atoms with Crippen LogP contribution in [0.25, 0.3) is 10.2 Å². The van der Waals surface area contributed by atoms with E-state index in [1.165, 1.54) is 34.8 Å². The topological polar surface area (TPSA) is 92.3 Å². The van der Waals surface area contributed by atoms with Gasteiger partial charge in [0.15, 0.2) is 16.6 Å². The van der Waals surface area contributed by atoms with Crippen LogP contribution in [0, 0.1) is 0 Å². The van der Waals surface area contributed by atoms with Gasteiger partial charge in [-0.05, 0) is 63.5 Å². The van der Waals surface area contributed by atoms with Crippen molar-refractivity contribution in [3.05, 3.63) is 72.3 Å². The predicted octanol–water partition coefficient (Wildman–Crippen LogP) is 4.74. The van der Waals surface area contributed by atoms with Crippen LogP contribution in [0.3, 0.4) is 0 Å². The van der Waals surface area contributed by atoms with Gasteiger partial charge in [0.05, 0.1) is 35.0 Å². The van der Waals surface area contributed by atoms with Crippen molar-refractivity contribution in [3.63, 3.8) is 0 Å². The van der Waals surface area contributed by atoms with Crippen molar-refractivity contribution in [2.75, 3.05) is 57.7 Å². The molecule has 0 aliphatic rings. The summed E-state index contributed by atoms with van der Waals surface area (Å²) in [6.45, 7) is 1.24. The zero-order valence-corrected chi connectivity index (χ0v) is 24.3. The van der Waals surface area contributed by atoms with Crippen molar-refractivity contribution < 1.29 is 22.7 Å². The third kappa shape index (κ3) is 6.16. The molecule has 3 aromatic carbocycles. The molecule has 0 spiro atoms. The van der Waals surface area contributed by atoms with Crippen molar-refractivity contribution in [2.45, 2.75) is 11.3 Å². The highest BCUT2D eigenvalue weighted by molar-refractivity contribution is 7.92. The van der Waals surface area contributed by atoms with Gasteiger partial charge in [0.1, 0.15) is 0 Å². The Morgan fingerprint density at radius 1 is 0.897 bits per heavy atom. The van der Waals surface area contributed by atoms with Gasteiger partial charge in [-0.25, -0.2) is 13.4 Å². The summed E-state index contributed by atoms with van der Waals surface area (Å²) in [5.41, 5.74) is 1.62. The van der Waals surface area contributed by atoms with E-state index in [0.29, 0.717) is 39.9 Å². The van der Waals surface area contributed by atoms with Crippen LogP contribution < -0.4 is 18.7 Å². The van der Waals surface area contributed by atoms with E-state index in [-0.39, 0.29) is 10.8 Å². The number of anilines is 2. The first-order valence-corrected chi connectivity index (χ1v) is 14.5. The van der Waals surface area contributed by atoms with Gasteiger partial charge in [-0.1, -0.05) is 29.5 Å². The van der Waals surface area contributed by atoms with E-state index in [9.17, 15) is 13.2 Å². The summed E-state index contributed by atoms with van der Waals surface area (Å²) >= 11 is 1.39. The molecule has 0 fully saturated rings. The summed E-state index contributed by atoms with van der Waals surface area (Å²) in [5, 5.41) is 0.546. The lowest BCUT2D eigenvalue weighted by atomic mass is 10.2. The summed E-state index contributed by atoms with van der Waals surface area (Å²) in [6.07, 6.45) is 0.732. The first-order chi connectivity index (χ1) is 18.6.